The van der Waals surface area contributed by atoms with Gasteiger partial charge in [-0.1, -0.05) is 11.8 Å². The largest absolute Gasteiger partial charge is 0.454 e. The lowest BCUT2D eigenvalue weighted by atomic mass is 10.2. The Morgan fingerprint density at radius 1 is 1.37 bits per heavy atom. The first-order valence-electron chi connectivity index (χ1n) is 8.36. The van der Waals surface area contributed by atoms with Crippen molar-refractivity contribution in [2.45, 2.75) is 30.8 Å². The van der Waals surface area contributed by atoms with Crippen molar-refractivity contribution in [2.75, 3.05) is 12.1 Å². The Labute approximate surface area is 163 Å². The number of ether oxygens (including phenoxy) is 2. The monoisotopic (exact) mass is 403 g/mol. The number of hydrogen-bond acceptors (Lipinski definition) is 8. The minimum Gasteiger partial charge on any atom is -0.454 e. The minimum atomic E-state index is -0.340. The second-order valence-corrected chi connectivity index (χ2v) is 7.91. The van der Waals surface area contributed by atoms with Gasteiger partial charge < -0.3 is 19.4 Å². The van der Waals surface area contributed by atoms with Gasteiger partial charge in [-0.25, -0.2) is 4.98 Å². The molecule has 3 heterocycles. The highest BCUT2D eigenvalue weighted by Crippen LogP contribution is 2.36. The van der Waals surface area contributed by atoms with Crippen LogP contribution in [0.1, 0.15) is 13.8 Å². The number of nitrogens with zero attached hydrogens (tertiary/aromatic N) is 4. The highest BCUT2D eigenvalue weighted by Gasteiger charge is 2.22. The van der Waals surface area contributed by atoms with Crippen LogP contribution < -0.4 is 14.8 Å². The fraction of sp³-hybridized carbons (Fsp3) is 0.294. The molecule has 0 bridgehead atoms. The van der Waals surface area contributed by atoms with Gasteiger partial charge in [0.2, 0.25) is 12.7 Å². The third-order valence-electron chi connectivity index (χ3n) is 3.98. The number of thiazole rings is 1. The number of fused-ring (bicyclic) bond motifs is 1. The topological polar surface area (TPSA) is 91.2 Å². The van der Waals surface area contributed by atoms with E-state index in [1.807, 2.05) is 42.0 Å². The maximum Gasteiger partial charge on any atom is 0.239 e. The number of carbonyl (C=O) groups excluding carboxylic acids is 1. The van der Waals surface area contributed by atoms with E-state index in [9.17, 15) is 4.79 Å². The number of rotatable bonds is 6. The molecule has 140 valence electrons. The number of amides is 1. The normalized spacial score (nSPS) is 13.6. The fourth-order valence-electron chi connectivity index (χ4n) is 2.61. The van der Waals surface area contributed by atoms with Gasteiger partial charge in [0, 0.05) is 23.7 Å². The van der Waals surface area contributed by atoms with Gasteiger partial charge in [-0.3, -0.25) is 4.79 Å². The van der Waals surface area contributed by atoms with Crippen molar-refractivity contribution in [3.63, 3.8) is 0 Å². The Morgan fingerprint density at radius 3 is 3.00 bits per heavy atom. The summed E-state index contributed by atoms with van der Waals surface area (Å²) in [7, 11) is 0. The quantitative estimate of drug-likeness (QED) is 0.632. The molecule has 0 radical (unpaired) electrons. The lowest BCUT2D eigenvalue weighted by molar-refractivity contribution is -0.115. The summed E-state index contributed by atoms with van der Waals surface area (Å²) in [5.74, 6) is 2.03. The van der Waals surface area contributed by atoms with Crippen molar-refractivity contribution < 1.29 is 14.3 Å². The van der Waals surface area contributed by atoms with Gasteiger partial charge in [0.05, 0.1) is 5.25 Å². The fourth-order valence-corrected chi connectivity index (χ4v) is 4.06. The Kier molecular flexibility index (Phi) is 4.99. The molecule has 1 atom stereocenters. The zero-order valence-electron chi connectivity index (χ0n) is 14.7. The van der Waals surface area contributed by atoms with Crippen molar-refractivity contribution >= 4 is 34.1 Å². The van der Waals surface area contributed by atoms with Crippen LogP contribution in [0.15, 0.2) is 34.9 Å². The second-order valence-electron chi connectivity index (χ2n) is 5.71. The van der Waals surface area contributed by atoms with Crippen LogP contribution in [0.4, 0.5) is 5.13 Å². The minimum absolute atomic E-state index is 0.120. The standard InChI is InChI=1S/C17H17N5O3S2/c1-3-22-14(11-4-5-12-13(8-11)25-9-24-12)20-21-17(22)27-10(2)15(23)19-16-18-6-7-26-16/h4-8,10H,3,9H2,1-2H3,(H,18,19,23)/t10-/m0/s1. The van der Waals surface area contributed by atoms with E-state index >= 15 is 0 Å². The van der Waals surface area contributed by atoms with Gasteiger partial charge in [-0.15, -0.1) is 21.5 Å². The van der Waals surface area contributed by atoms with Gasteiger partial charge >= 0.3 is 0 Å². The molecule has 0 saturated carbocycles. The molecule has 8 nitrogen and oxygen atoms in total. The first-order valence-corrected chi connectivity index (χ1v) is 10.1. The van der Waals surface area contributed by atoms with E-state index in [0.29, 0.717) is 22.6 Å². The van der Waals surface area contributed by atoms with Crippen LogP contribution in [-0.4, -0.2) is 37.7 Å². The maximum atomic E-state index is 12.4. The smallest absolute Gasteiger partial charge is 0.239 e. The zero-order valence-corrected chi connectivity index (χ0v) is 16.3. The van der Waals surface area contributed by atoms with E-state index in [1.165, 1.54) is 23.1 Å². The van der Waals surface area contributed by atoms with Crippen molar-refractivity contribution in [2.24, 2.45) is 0 Å². The van der Waals surface area contributed by atoms with Crippen LogP contribution in [0.2, 0.25) is 0 Å². The van der Waals surface area contributed by atoms with Gasteiger partial charge in [0.15, 0.2) is 27.6 Å². The first-order chi connectivity index (χ1) is 13.2. The van der Waals surface area contributed by atoms with Crippen LogP contribution in [0, 0.1) is 0 Å². The number of anilines is 1. The molecule has 0 saturated heterocycles. The van der Waals surface area contributed by atoms with Crippen LogP contribution in [0.3, 0.4) is 0 Å². The second kappa shape index (κ2) is 7.57. The lowest BCUT2D eigenvalue weighted by Gasteiger charge is -2.12. The number of benzene rings is 1. The van der Waals surface area contributed by atoms with Crippen LogP contribution in [-0.2, 0) is 11.3 Å². The molecule has 1 aliphatic heterocycles. The van der Waals surface area contributed by atoms with Crippen LogP contribution in [0.25, 0.3) is 11.4 Å². The molecule has 0 spiro atoms. The highest BCUT2D eigenvalue weighted by molar-refractivity contribution is 8.00. The maximum absolute atomic E-state index is 12.4. The van der Waals surface area contributed by atoms with Crippen LogP contribution in [0.5, 0.6) is 11.5 Å². The summed E-state index contributed by atoms with van der Waals surface area (Å²) >= 11 is 2.75. The number of nitrogens with one attached hydrogen (secondary N) is 1. The molecule has 0 aliphatic carbocycles. The molecule has 1 N–H and O–H groups in total. The molecule has 10 heteroatoms. The molecule has 0 unspecified atom stereocenters. The van der Waals surface area contributed by atoms with Gasteiger partial charge in [0.25, 0.3) is 0 Å². The Morgan fingerprint density at radius 2 is 2.22 bits per heavy atom. The number of hydrogen-bond donors (Lipinski definition) is 1. The van der Waals surface area contributed by atoms with Gasteiger partial charge in [0.1, 0.15) is 0 Å². The summed E-state index contributed by atoms with van der Waals surface area (Å²) in [4.78, 5) is 16.4. The van der Waals surface area contributed by atoms with E-state index in [1.54, 1.807) is 6.20 Å². The summed E-state index contributed by atoms with van der Waals surface area (Å²) in [5.41, 5.74) is 0.889. The van der Waals surface area contributed by atoms with E-state index in [0.717, 1.165) is 17.1 Å². The number of thioether (sulfide) groups is 1. The van der Waals surface area contributed by atoms with Crippen molar-refractivity contribution in [1.82, 2.24) is 19.7 Å². The summed E-state index contributed by atoms with van der Waals surface area (Å²) in [6.45, 7) is 4.76. The molecule has 3 aromatic rings. The van der Waals surface area contributed by atoms with E-state index in [2.05, 4.69) is 20.5 Å². The first kappa shape index (κ1) is 17.8. The number of carbonyl (C=O) groups is 1. The molecule has 4 rings (SSSR count). The lowest BCUT2D eigenvalue weighted by Crippen LogP contribution is -2.22. The predicted octanol–water partition coefficient (Wildman–Crippen LogP) is 3.27. The third-order valence-corrected chi connectivity index (χ3v) is 5.75. The molecule has 27 heavy (non-hydrogen) atoms. The van der Waals surface area contributed by atoms with Crippen LogP contribution >= 0.6 is 23.1 Å². The van der Waals surface area contributed by atoms with Gasteiger partial charge in [-0.05, 0) is 32.0 Å². The predicted molar refractivity (Wildman–Crippen MR) is 103 cm³/mol. The molecular formula is C17H17N5O3S2. The van der Waals surface area contributed by atoms with Gasteiger partial charge in [-0.2, -0.15) is 0 Å². The SMILES string of the molecule is CCn1c(S[C@@H](C)C(=O)Nc2nccs2)nnc1-c1ccc2c(c1)OCO2. The summed E-state index contributed by atoms with van der Waals surface area (Å²) in [6.07, 6.45) is 1.66. The molecule has 1 aliphatic rings. The Balaban J connectivity index is 1.53. The average Bonchev–Trinajstić information content (AvgIpc) is 3.41. The molecule has 1 aromatic carbocycles. The van der Waals surface area contributed by atoms with E-state index in [4.69, 9.17) is 9.47 Å². The average molecular weight is 403 g/mol. The highest BCUT2D eigenvalue weighted by atomic mass is 32.2. The van der Waals surface area contributed by atoms with Crippen molar-refractivity contribution in [3.05, 3.63) is 29.8 Å². The zero-order chi connectivity index (χ0) is 18.8. The molecular weight excluding hydrogens is 386 g/mol. The van der Waals surface area contributed by atoms with Crippen molar-refractivity contribution in [1.29, 1.82) is 0 Å². The third kappa shape index (κ3) is 3.62. The Bertz CT molecular complexity index is 958. The van der Waals surface area contributed by atoms with Crippen molar-refractivity contribution in [3.8, 4) is 22.9 Å². The summed E-state index contributed by atoms with van der Waals surface area (Å²) < 4.78 is 12.8. The van der Waals surface area contributed by atoms with E-state index < -0.39 is 0 Å². The molecule has 2 aromatic heterocycles. The Hall–Kier alpha value is -2.59. The summed E-state index contributed by atoms with van der Waals surface area (Å²) in [5, 5.41) is 14.2. The van der Waals surface area contributed by atoms with E-state index in [-0.39, 0.29) is 18.0 Å². The summed E-state index contributed by atoms with van der Waals surface area (Å²) in [6, 6.07) is 5.69. The number of aromatic nitrogens is 4. The molecule has 0 fully saturated rings. The molecule has 1 amide bonds.